The van der Waals surface area contributed by atoms with E-state index >= 15 is 0 Å². The van der Waals surface area contributed by atoms with E-state index in [1.807, 2.05) is 0 Å². The molecule has 2 atom stereocenters. The summed E-state index contributed by atoms with van der Waals surface area (Å²) in [6.07, 6.45) is 6.83. The Morgan fingerprint density at radius 1 is 1.30 bits per heavy atom. The molecule has 2 saturated carbocycles. The van der Waals surface area contributed by atoms with E-state index < -0.39 is 0 Å². The van der Waals surface area contributed by atoms with Crippen LogP contribution in [0.1, 0.15) is 43.6 Å². The Morgan fingerprint density at radius 3 is 3.15 bits per heavy atom. The topological polar surface area (TPSA) is 50.5 Å². The Kier molecular flexibility index (Phi) is 3.50. The molecule has 2 aliphatic carbocycles. The predicted octanol–water partition coefficient (Wildman–Crippen LogP) is 1.68. The van der Waals surface area contributed by atoms with Crippen molar-refractivity contribution in [3.05, 3.63) is 17.5 Å². The van der Waals surface area contributed by atoms with Crippen molar-refractivity contribution < 1.29 is 9.26 Å². The van der Waals surface area contributed by atoms with Crippen LogP contribution in [0.2, 0.25) is 0 Å². The lowest BCUT2D eigenvalue weighted by Gasteiger charge is -2.36. The van der Waals surface area contributed by atoms with E-state index in [0.29, 0.717) is 18.2 Å². The van der Waals surface area contributed by atoms with Crippen molar-refractivity contribution in [3.63, 3.8) is 0 Å². The Balaban J connectivity index is 1.35. The molecule has 1 aromatic rings. The van der Waals surface area contributed by atoms with Gasteiger partial charge in [0.2, 0.25) is 0 Å². The number of aromatic nitrogens is 1. The molecular weight excluding hydrogens is 254 g/mol. The fourth-order valence-electron chi connectivity index (χ4n) is 3.45. The first-order valence-corrected chi connectivity index (χ1v) is 7.92. The molecule has 5 heteroatoms. The molecule has 2 unspecified atom stereocenters. The average Bonchev–Trinajstić information content (AvgIpc) is 2.98. The highest BCUT2D eigenvalue weighted by atomic mass is 16.5. The zero-order valence-electron chi connectivity index (χ0n) is 11.9. The minimum Gasteiger partial charge on any atom is -0.375 e. The van der Waals surface area contributed by atoms with E-state index in [2.05, 4.69) is 21.4 Å². The second kappa shape index (κ2) is 5.47. The fraction of sp³-hybridized carbons (Fsp3) is 0.800. The number of hydrogen-bond acceptors (Lipinski definition) is 5. The molecule has 3 aliphatic rings. The summed E-state index contributed by atoms with van der Waals surface area (Å²) in [5, 5.41) is 7.64. The lowest BCUT2D eigenvalue weighted by molar-refractivity contribution is -0.0610. The van der Waals surface area contributed by atoms with Crippen molar-refractivity contribution in [2.45, 2.75) is 63.4 Å². The van der Waals surface area contributed by atoms with Gasteiger partial charge in [0.05, 0.1) is 24.9 Å². The highest BCUT2D eigenvalue weighted by molar-refractivity contribution is 5.06. The van der Waals surface area contributed by atoms with Gasteiger partial charge in [-0.3, -0.25) is 4.90 Å². The van der Waals surface area contributed by atoms with Crippen molar-refractivity contribution in [2.24, 2.45) is 0 Å². The minimum atomic E-state index is 0.447. The van der Waals surface area contributed by atoms with Crippen molar-refractivity contribution in [2.75, 3.05) is 13.2 Å². The third-order valence-electron chi connectivity index (χ3n) is 4.71. The summed E-state index contributed by atoms with van der Waals surface area (Å²) in [6.45, 7) is 3.58. The average molecular weight is 277 g/mol. The summed E-state index contributed by atoms with van der Waals surface area (Å²) in [4.78, 5) is 2.51. The van der Waals surface area contributed by atoms with Gasteiger partial charge < -0.3 is 14.6 Å². The molecule has 1 saturated heterocycles. The van der Waals surface area contributed by atoms with Crippen molar-refractivity contribution in [3.8, 4) is 0 Å². The molecule has 110 valence electrons. The summed E-state index contributed by atoms with van der Waals surface area (Å²) >= 11 is 0. The van der Waals surface area contributed by atoms with Crippen LogP contribution in [0.25, 0.3) is 0 Å². The SMILES string of the molecule is c1c(CNC2CC2)noc1CN1CCOC2CCCC21. The second-order valence-corrected chi connectivity index (χ2v) is 6.32. The summed E-state index contributed by atoms with van der Waals surface area (Å²) in [5.41, 5.74) is 1.03. The van der Waals surface area contributed by atoms with E-state index in [9.17, 15) is 0 Å². The normalized spacial score (nSPS) is 30.6. The third kappa shape index (κ3) is 2.75. The highest BCUT2D eigenvalue weighted by Crippen LogP contribution is 2.30. The number of morpholine rings is 1. The minimum absolute atomic E-state index is 0.447. The standard InChI is InChI=1S/C15H23N3O2/c1-2-14-15(3-1)19-7-6-18(14)10-13-8-12(17-20-13)9-16-11-4-5-11/h8,11,14-16H,1-7,9-10H2. The van der Waals surface area contributed by atoms with Crippen LogP contribution in [0.4, 0.5) is 0 Å². The van der Waals surface area contributed by atoms with Crippen LogP contribution in [0.15, 0.2) is 10.6 Å². The number of fused-ring (bicyclic) bond motifs is 1. The van der Waals surface area contributed by atoms with Crippen molar-refractivity contribution >= 4 is 0 Å². The fourth-order valence-corrected chi connectivity index (χ4v) is 3.45. The lowest BCUT2D eigenvalue weighted by atomic mass is 10.1. The van der Waals surface area contributed by atoms with Gasteiger partial charge in [-0.25, -0.2) is 0 Å². The summed E-state index contributed by atoms with van der Waals surface area (Å²) in [6, 6.07) is 3.41. The molecule has 3 fully saturated rings. The van der Waals surface area contributed by atoms with Crippen LogP contribution >= 0.6 is 0 Å². The Morgan fingerprint density at radius 2 is 2.25 bits per heavy atom. The Labute approximate surface area is 119 Å². The van der Waals surface area contributed by atoms with Gasteiger partial charge in [0.25, 0.3) is 0 Å². The van der Waals surface area contributed by atoms with E-state index in [1.54, 1.807) is 0 Å². The molecule has 4 rings (SSSR count). The van der Waals surface area contributed by atoms with Gasteiger partial charge in [-0.2, -0.15) is 0 Å². The summed E-state index contributed by atoms with van der Waals surface area (Å²) < 4.78 is 11.3. The number of ether oxygens (including phenoxy) is 1. The van der Waals surface area contributed by atoms with Gasteiger partial charge in [0.15, 0.2) is 5.76 Å². The van der Waals surface area contributed by atoms with Crippen molar-refractivity contribution in [1.29, 1.82) is 0 Å². The number of rotatable bonds is 5. The smallest absolute Gasteiger partial charge is 0.151 e. The van der Waals surface area contributed by atoms with Crippen LogP contribution in [0.3, 0.4) is 0 Å². The number of nitrogens with zero attached hydrogens (tertiary/aromatic N) is 2. The van der Waals surface area contributed by atoms with E-state index in [1.165, 1.54) is 32.1 Å². The molecular formula is C15H23N3O2. The van der Waals surface area contributed by atoms with Gasteiger partial charge in [-0.15, -0.1) is 0 Å². The van der Waals surface area contributed by atoms with Crippen LogP contribution in [-0.2, 0) is 17.8 Å². The maximum atomic E-state index is 5.85. The molecule has 1 aliphatic heterocycles. The number of hydrogen-bond donors (Lipinski definition) is 1. The van der Waals surface area contributed by atoms with E-state index in [4.69, 9.17) is 9.26 Å². The first kappa shape index (κ1) is 12.8. The van der Waals surface area contributed by atoms with E-state index in [-0.39, 0.29) is 0 Å². The molecule has 0 bridgehead atoms. The predicted molar refractivity (Wildman–Crippen MR) is 74.2 cm³/mol. The van der Waals surface area contributed by atoms with Gasteiger partial charge in [0, 0.05) is 31.2 Å². The first-order valence-electron chi connectivity index (χ1n) is 7.92. The van der Waals surface area contributed by atoms with Gasteiger partial charge in [-0.1, -0.05) is 5.16 Å². The van der Waals surface area contributed by atoms with Crippen molar-refractivity contribution in [1.82, 2.24) is 15.4 Å². The molecule has 1 aromatic heterocycles. The van der Waals surface area contributed by atoms with Crippen LogP contribution < -0.4 is 5.32 Å². The molecule has 5 nitrogen and oxygen atoms in total. The molecule has 1 N–H and O–H groups in total. The second-order valence-electron chi connectivity index (χ2n) is 6.32. The molecule has 0 radical (unpaired) electrons. The third-order valence-corrected chi connectivity index (χ3v) is 4.71. The molecule has 0 amide bonds. The van der Waals surface area contributed by atoms with Crippen LogP contribution in [0.5, 0.6) is 0 Å². The maximum absolute atomic E-state index is 5.85. The summed E-state index contributed by atoms with van der Waals surface area (Å²) in [5.74, 6) is 0.991. The zero-order chi connectivity index (χ0) is 13.4. The molecule has 0 spiro atoms. The highest BCUT2D eigenvalue weighted by Gasteiger charge is 2.36. The van der Waals surface area contributed by atoms with E-state index in [0.717, 1.165) is 37.7 Å². The largest absolute Gasteiger partial charge is 0.375 e. The van der Waals surface area contributed by atoms with Gasteiger partial charge >= 0.3 is 0 Å². The van der Waals surface area contributed by atoms with Gasteiger partial charge in [-0.05, 0) is 32.1 Å². The zero-order valence-corrected chi connectivity index (χ0v) is 11.9. The lowest BCUT2D eigenvalue weighted by Crippen LogP contribution is -2.47. The van der Waals surface area contributed by atoms with Crippen LogP contribution in [0, 0.1) is 0 Å². The summed E-state index contributed by atoms with van der Waals surface area (Å²) in [7, 11) is 0. The van der Waals surface area contributed by atoms with Crippen LogP contribution in [-0.4, -0.2) is 41.4 Å². The Bertz CT molecular complexity index is 458. The number of nitrogens with one attached hydrogen (secondary N) is 1. The van der Waals surface area contributed by atoms with Gasteiger partial charge in [0.1, 0.15) is 0 Å². The monoisotopic (exact) mass is 277 g/mol. The molecule has 0 aromatic carbocycles. The quantitative estimate of drug-likeness (QED) is 0.887. The maximum Gasteiger partial charge on any atom is 0.151 e. The molecule has 20 heavy (non-hydrogen) atoms. The first-order chi connectivity index (χ1) is 9.88. The molecule has 2 heterocycles. The Hall–Kier alpha value is -0.910.